The standard InChI is InChI=1S/C36H34Cl2N4O2S.C6H8O7.H2O/c1-41(36(43)31-19-27(21-39)32(22-40)30-9-4-3-8-29(30)31)23-26(25-11-12-33(37)34(38)20-25)15-18-42-16-13-24(14-17-42)28-7-5-6-10-35(28)45(2)44;7-3(8)1-6(13,5(11)12)2-4(9)10;/h3-12,19-20,24,26H,13-18,23H2,1-2H3;13H,1-2H2,(H,7,8)(H,9,10)(H,11,12);1H2/t26-,45+;;/m1../s1. The molecule has 0 radical (unpaired) electrons. The van der Waals surface area contributed by atoms with Gasteiger partial charge >= 0.3 is 17.9 Å². The summed E-state index contributed by atoms with van der Waals surface area (Å²) < 4.78 is 12.3. The number of carbonyl (C=O) groups is 4. The minimum absolute atomic E-state index is 0. The molecule has 4 aromatic rings. The molecule has 4 aromatic carbocycles. The van der Waals surface area contributed by atoms with E-state index in [1.807, 2.05) is 42.5 Å². The fourth-order valence-corrected chi connectivity index (χ4v) is 8.25. The van der Waals surface area contributed by atoms with Crippen LogP contribution in [-0.4, -0.2) is 109 Å². The third-order valence-electron chi connectivity index (χ3n) is 10.1. The maximum absolute atomic E-state index is 13.9. The maximum Gasteiger partial charge on any atom is 0.336 e. The fourth-order valence-electron chi connectivity index (χ4n) is 7.11. The number of carboxylic acid groups (broad SMARTS) is 3. The molecule has 6 N–H and O–H groups in total. The van der Waals surface area contributed by atoms with Crippen molar-refractivity contribution < 1.29 is 49.6 Å². The Labute approximate surface area is 354 Å². The number of carboxylic acids is 3. The summed E-state index contributed by atoms with van der Waals surface area (Å²) in [4.78, 5) is 49.5. The second-order valence-electron chi connectivity index (χ2n) is 14.0. The number of benzene rings is 4. The quantitative estimate of drug-likeness (QED) is 0.112. The van der Waals surface area contributed by atoms with Gasteiger partial charge in [-0.2, -0.15) is 10.5 Å². The Morgan fingerprint density at radius 3 is 2.05 bits per heavy atom. The highest BCUT2D eigenvalue weighted by atomic mass is 35.5. The minimum atomic E-state index is -2.74. The largest absolute Gasteiger partial charge is 0.612 e. The van der Waals surface area contributed by atoms with Crippen LogP contribution >= 0.6 is 23.2 Å². The third kappa shape index (κ3) is 12.4. The highest BCUT2D eigenvalue weighted by molar-refractivity contribution is 7.90. The molecule has 0 spiro atoms. The molecular formula is C42H44Cl2N4O10S. The van der Waals surface area contributed by atoms with E-state index in [0.717, 1.165) is 49.4 Å². The van der Waals surface area contributed by atoms with Gasteiger partial charge in [-0.3, -0.25) is 14.4 Å². The Balaban J connectivity index is 0.000000574. The van der Waals surface area contributed by atoms with Gasteiger partial charge in [-0.1, -0.05) is 71.7 Å². The molecule has 0 bridgehead atoms. The van der Waals surface area contributed by atoms with Crippen LogP contribution in [0.2, 0.25) is 10.0 Å². The summed E-state index contributed by atoms with van der Waals surface area (Å²) in [7, 11) is 1.77. The summed E-state index contributed by atoms with van der Waals surface area (Å²) in [5.41, 5.74) is 0.313. The molecule has 14 nitrogen and oxygen atoms in total. The third-order valence-corrected chi connectivity index (χ3v) is 11.8. The molecule has 0 saturated carbocycles. The van der Waals surface area contributed by atoms with Crippen molar-refractivity contribution in [3.8, 4) is 12.1 Å². The van der Waals surface area contributed by atoms with Crippen LogP contribution in [0.1, 0.15) is 76.6 Å². The summed E-state index contributed by atoms with van der Waals surface area (Å²) in [6, 6.07) is 26.7. The van der Waals surface area contributed by atoms with Crippen LogP contribution < -0.4 is 0 Å². The number of carbonyl (C=O) groups excluding carboxylic acids is 1. The number of hydrogen-bond donors (Lipinski definition) is 4. The molecular weight excluding hydrogens is 823 g/mol. The van der Waals surface area contributed by atoms with E-state index in [9.17, 15) is 34.3 Å². The lowest BCUT2D eigenvalue weighted by Crippen LogP contribution is -2.42. The molecule has 0 aromatic heterocycles. The molecule has 0 unspecified atom stereocenters. The van der Waals surface area contributed by atoms with Gasteiger partial charge in [0.15, 0.2) is 10.5 Å². The number of likely N-dealkylation sites (tertiary alicyclic amines) is 1. The van der Waals surface area contributed by atoms with Gasteiger partial charge in [0, 0.05) is 36.0 Å². The van der Waals surface area contributed by atoms with Crippen molar-refractivity contribution in [2.24, 2.45) is 0 Å². The van der Waals surface area contributed by atoms with E-state index in [0.29, 0.717) is 38.8 Å². The minimum Gasteiger partial charge on any atom is -0.612 e. The van der Waals surface area contributed by atoms with Crippen LogP contribution in [0.4, 0.5) is 0 Å². The second-order valence-corrected chi connectivity index (χ2v) is 16.2. The molecule has 0 aliphatic carbocycles. The van der Waals surface area contributed by atoms with Crippen molar-refractivity contribution in [1.29, 1.82) is 10.5 Å². The Morgan fingerprint density at radius 1 is 0.915 bits per heavy atom. The predicted molar refractivity (Wildman–Crippen MR) is 222 cm³/mol. The van der Waals surface area contributed by atoms with Gasteiger partial charge in [-0.25, -0.2) is 4.79 Å². The lowest BCUT2D eigenvalue weighted by molar-refractivity contribution is -0.170. The lowest BCUT2D eigenvalue weighted by Gasteiger charge is -2.34. The summed E-state index contributed by atoms with van der Waals surface area (Å²) in [6.07, 6.45) is 2.25. The molecule has 17 heteroatoms. The zero-order valence-electron chi connectivity index (χ0n) is 32.2. The first-order valence-electron chi connectivity index (χ1n) is 18.1. The highest BCUT2D eigenvalue weighted by Gasteiger charge is 2.41. The van der Waals surface area contributed by atoms with Crippen LogP contribution in [0.25, 0.3) is 10.8 Å². The first kappa shape index (κ1) is 48.1. The number of fused-ring (bicyclic) bond motifs is 1. The van der Waals surface area contributed by atoms with E-state index in [-0.39, 0.29) is 28.4 Å². The summed E-state index contributed by atoms with van der Waals surface area (Å²) in [5, 5.41) is 55.5. The van der Waals surface area contributed by atoms with Crippen molar-refractivity contribution in [3.63, 3.8) is 0 Å². The number of nitrogens with zero attached hydrogens (tertiary/aromatic N) is 4. The first-order chi connectivity index (χ1) is 27.5. The highest BCUT2D eigenvalue weighted by Crippen LogP contribution is 2.34. The lowest BCUT2D eigenvalue weighted by atomic mass is 9.88. The number of likely N-dealkylation sites (N-methyl/N-ethyl adjacent to an activating group) is 1. The smallest absolute Gasteiger partial charge is 0.336 e. The van der Waals surface area contributed by atoms with E-state index in [4.69, 9.17) is 43.6 Å². The van der Waals surface area contributed by atoms with Gasteiger partial charge in [-0.15, -0.1) is 0 Å². The molecule has 1 aliphatic heterocycles. The van der Waals surface area contributed by atoms with Crippen molar-refractivity contribution in [3.05, 3.63) is 111 Å². The molecule has 1 fully saturated rings. The topological polar surface area (TPSA) is 258 Å². The number of amides is 1. The van der Waals surface area contributed by atoms with Gasteiger partial charge < -0.3 is 40.3 Å². The predicted octanol–water partition coefficient (Wildman–Crippen LogP) is 5.68. The summed E-state index contributed by atoms with van der Waals surface area (Å²) in [6.45, 7) is 3.15. The van der Waals surface area contributed by atoms with Crippen LogP contribution in [0, 0.1) is 22.7 Å². The number of rotatable bonds is 14. The van der Waals surface area contributed by atoms with Gasteiger partial charge in [0.2, 0.25) is 0 Å². The van der Waals surface area contributed by atoms with Crippen LogP contribution in [0.5, 0.6) is 0 Å². The van der Waals surface area contributed by atoms with E-state index < -0.39 is 47.5 Å². The second kappa shape index (κ2) is 21.7. The molecule has 1 saturated heterocycles. The number of hydrogen-bond acceptors (Lipinski definition) is 9. The summed E-state index contributed by atoms with van der Waals surface area (Å²) >= 11 is 11.7. The zero-order chi connectivity index (χ0) is 42.7. The molecule has 1 aliphatic rings. The monoisotopic (exact) mass is 866 g/mol. The van der Waals surface area contributed by atoms with E-state index in [2.05, 4.69) is 23.1 Å². The van der Waals surface area contributed by atoms with Crippen LogP contribution in [0.15, 0.2) is 77.7 Å². The van der Waals surface area contributed by atoms with Crippen molar-refractivity contribution in [2.45, 2.75) is 54.4 Å². The first-order valence-corrected chi connectivity index (χ1v) is 20.4. The van der Waals surface area contributed by atoms with E-state index in [1.54, 1.807) is 36.4 Å². The Kier molecular flexibility index (Phi) is 17.7. The van der Waals surface area contributed by atoms with Crippen LogP contribution in [0.3, 0.4) is 0 Å². The summed E-state index contributed by atoms with van der Waals surface area (Å²) in [5.74, 6) is -4.87. The fraction of sp³-hybridized carbons (Fsp3) is 0.333. The number of piperidine rings is 1. The number of nitriles is 2. The molecule has 59 heavy (non-hydrogen) atoms. The Bertz CT molecular complexity index is 2240. The van der Waals surface area contributed by atoms with E-state index in [1.165, 1.54) is 11.6 Å². The number of halogens is 2. The maximum atomic E-state index is 13.9. The van der Waals surface area contributed by atoms with Gasteiger partial charge in [-0.05, 0) is 91.2 Å². The van der Waals surface area contributed by atoms with Crippen molar-refractivity contribution in [1.82, 2.24) is 9.80 Å². The average molecular weight is 868 g/mol. The van der Waals surface area contributed by atoms with Crippen molar-refractivity contribution >= 4 is 69.0 Å². The molecule has 2 atom stereocenters. The van der Waals surface area contributed by atoms with Gasteiger partial charge in [0.25, 0.3) is 5.91 Å². The Hall–Kier alpha value is -5.23. The average Bonchev–Trinajstić information content (AvgIpc) is 3.19. The number of aliphatic carboxylic acids is 3. The van der Waals surface area contributed by atoms with E-state index >= 15 is 0 Å². The van der Waals surface area contributed by atoms with Gasteiger partial charge in [0.1, 0.15) is 18.4 Å². The Morgan fingerprint density at radius 2 is 1.51 bits per heavy atom. The number of aliphatic hydroxyl groups is 1. The molecule has 1 heterocycles. The molecule has 5 rings (SSSR count). The van der Waals surface area contributed by atoms with Gasteiger partial charge in [0.05, 0.1) is 34.0 Å². The molecule has 312 valence electrons. The normalized spacial score (nSPS) is 14.0. The zero-order valence-corrected chi connectivity index (χ0v) is 34.6. The van der Waals surface area contributed by atoms with Crippen LogP contribution in [-0.2, 0) is 25.6 Å². The molecule has 1 amide bonds. The van der Waals surface area contributed by atoms with Crippen molar-refractivity contribution in [2.75, 3.05) is 39.5 Å². The SMILES string of the molecule is CN(C[C@@H](CCN1CCC(c2ccccc2[S@+](C)[O-])CC1)c1ccc(Cl)c(Cl)c1)C(=O)c1cc(C#N)c(C#N)c2ccccc12.O.O=C(O)CC(O)(CC(=O)O)C(=O)O.